The van der Waals surface area contributed by atoms with Crippen LogP contribution in [0, 0.1) is 0 Å². The number of nitrogens with two attached hydrogens (primary N) is 1. The van der Waals surface area contributed by atoms with Crippen LogP contribution in [0.1, 0.15) is 11.6 Å². The highest BCUT2D eigenvalue weighted by molar-refractivity contribution is 5.91. The van der Waals surface area contributed by atoms with Crippen LogP contribution in [-0.4, -0.2) is 11.5 Å². The first-order chi connectivity index (χ1) is 9.84. The van der Waals surface area contributed by atoms with Gasteiger partial charge in [-0.05, 0) is 17.0 Å². The zero-order chi connectivity index (χ0) is 13.8. The maximum Gasteiger partial charge on any atom is 0.133 e. The van der Waals surface area contributed by atoms with E-state index in [1.807, 2.05) is 54.7 Å². The normalized spacial score (nSPS) is 12.2. The fourth-order valence-electron chi connectivity index (χ4n) is 2.29. The second-order valence-corrected chi connectivity index (χ2v) is 4.78. The molecule has 0 aliphatic carbocycles. The van der Waals surface area contributed by atoms with E-state index in [-0.39, 0.29) is 6.04 Å². The van der Waals surface area contributed by atoms with Crippen LogP contribution in [0.5, 0.6) is 0 Å². The van der Waals surface area contributed by atoms with E-state index in [0.29, 0.717) is 6.54 Å². The zero-order valence-corrected chi connectivity index (χ0v) is 11.2. The van der Waals surface area contributed by atoms with Crippen LogP contribution in [0.25, 0.3) is 10.8 Å². The quantitative estimate of drug-likeness (QED) is 0.759. The fraction of sp³-hybridized carbons (Fsp3) is 0.118. The average Bonchev–Trinajstić information content (AvgIpc) is 2.53. The smallest absolute Gasteiger partial charge is 0.133 e. The van der Waals surface area contributed by atoms with Crippen LogP contribution in [0.4, 0.5) is 5.82 Å². The lowest BCUT2D eigenvalue weighted by atomic mass is 10.1. The summed E-state index contributed by atoms with van der Waals surface area (Å²) in [5, 5.41) is 5.65. The molecule has 3 N–H and O–H groups in total. The van der Waals surface area contributed by atoms with Crippen molar-refractivity contribution >= 4 is 16.6 Å². The first kappa shape index (κ1) is 12.6. The number of hydrogen-bond acceptors (Lipinski definition) is 3. The number of aromatic nitrogens is 1. The molecule has 0 amide bonds. The summed E-state index contributed by atoms with van der Waals surface area (Å²) in [5.41, 5.74) is 7.32. The van der Waals surface area contributed by atoms with E-state index < -0.39 is 0 Å². The Hall–Kier alpha value is -2.39. The van der Waals surface area contributed by atoms with Crippen molar-refractivity contribution in [2.24, 2.45) is 5.73 Å². The lowest BCUT2D eigenvalue weighted by molar-refractivity contribution is 0.763. The second kappa shape index (κ2) is 5.72. The van der Waals surface area contributed by atoms with Gasteiger partial charge in [0, 0.05) is 24.2 Å². The van der Waals surface area contributed by atoms with Crippen LogP contribution < -0.4 is 11.1 Å². The molecule has 3 aromatic rings. The van der Waals surface area contributed by atoms with Crippen molar-refractivity contribution in [3.05, 3.63) is 72.4 Å². The summed E-state index contributed by atoms with van der Waals surface area (Å²) < 4.78 is 0. The number of nitrogens with one attached hydrogen (secondary N) is 1. The van der Waals surface area contributed by atoms with Gasteiger partial charge in [-0.25, -0.2) is 4.98 Å². The number of pyridine rings is 1. The Morgan fingerprint density at radius 2 is 1.70 bits per heavy atom. The monoisotopic (exact) mass is 263 g/mol. The van der Waals surface area contributed by atoms with E-state index in [1.165, 1.54) is 5.39 Å². The van der Waals surface area contributed by atoms with Gasteiger partial charge in [-0.2, -0.15) is 0 Å². The number of nitrogens with zero attached hydrogens (tertiary/aromatic N) is 1. The molecule has 1 aromatic heterocycles. The molecule has 0 spiro atoms. The summed E-state index contributed by atoms with van der Waals surface area (Å²) >= 11 is 0. The minimum Gasteiger partial charge on any atom is -0.368 e. The molecule has 0 aliphatic rings. The predicted octanol–water partition coefficient (Wildman–Crippen LogP) is 3.35. The zero-order valence-electron chi connectivity index (χ0n) is 11.2. The van der Waals surface area contributed by atoms with Gasteiger partial charge < -0.3 is 11.1 Å². The minimum absolute atomic E-state index is 0.0445. The van der Waals surface area contributed by atoms with Gasteiger partial charge >= 0.3 is 0 Å². The third-order valence-corrected chi connectivity index (χ3v) is 3.39. The third-order valence-electron chi connectivity index (χ3n) is 3.39. The van der Waals surface area contributed by atoms with E-state index >= 15 is 0 Å². The SMILES string of the molecule is NC(CNc1nccc2ccccc12)c1ccccc1. The Labute approximate surface area is 118 Å². The fourth-order valence-corrected chi connectivity index (χ4v) is 2.29. The maximum atomic E-state index is 6.20. The molecule has 1 heterocycles. The Kier molecular flexibility index (Phi) is 3.61. The highest BCUT2D eigenvalue weighted by atomic mass is 15.0. The van der Waals surface area contributed by atoms with Crippen molar-refractivity contribution in [2.75, 3.05) is 11.9 Å². The van der Waals surface area contributed by atoms with Crippen LogP contribution in [0.15, 0.2) is 66.9 Å². The van der Waals surface area contributed by atoms with E-state index in [2.05, 4.69) is 22.4 Å². The first-order valence-corrected chi connectivity index (χ1v) is 6.73. The predicted molar refractivity (Wildman–Crippen MR) is 83.6 cm³/mol. The van der Waals surface area contributed by atoms with Gasteiger partial charge in [-0.1, -0.05) is 54.6 Å². The van der Waals surface area contributed by atoms with E-state index in [0.717, 1.165) is 16.8 Å². The van der Waals surface area contributed by atoms with Gasteiger partial charge in [0.05, 0.1) is 0 Å². The summed E-state index contributed by atoms with van der Waals surface area (Å²) in [5.74, 6) is 0.884. The summed E-state index contributed by atoms with van der Waals surface area (Å²) in [6, 6.07) is 20.3. The van der Waals surface area contributed by atoms with Gasteiger partial charge in [-0.3, -0.25) is 0 Å². The topological polar surface area (TPSA) is 50.9 Å². The number of hydrogen-bond donors (Lipinski definition) is 2. The molecule has 100 valence electrons. The van der Waals surface area contributed by atoms with Gasteiger partial charge in [0.2, 0.25) is 0 Å². The molecule has 0 radical (unpaired) electrons. The molecule has 0 bridgehead atoms. The molecule has 0 saturated heterocycles. The number of anilines is 1. The molecule has 3 rings (SSSR count). The molecule has 20 heavy (non-hydrogen) atoms. The van der Waals surface area contributed by atoms with E-state index in [9.17, 15) is 0 Å². The molecular formula is C17H17N3. The van der Waals surface area contributed by atoms with Crippen molar-refractivity contribution < 1.29 is 0 Å². The largest absolute Gasteiger partial charge is 0.368 e. The molecule has 0 saturated carbocycles. The van der Waals surface area contributed by atoms with Crippen LogP contribution in [0.3, 0.4) is 0 Å². The van der Waals surface area contributed by atoms with E-state index in [1.54, 1.807) is 0 Å². The van der Waals surface area contributed by atoms with Crippen molar-refractivity contribution in [1.29, 1.82) is 0 Å². The summed E-state index contributed by atoms with van der Waals surface area (Å²) in [4.78, 5) is 4.41. The first-order valence-electron chi connectivity index (χ1n) is 6.73. The third kappa shape index (κ3) is 2.63. The van der Waals surface area contributed by atoms with E-state index in [4.69, 9.17) is 5.73 Å². The molecule has 1 atom stereocenters. The van der Waals surface area contributed by atoms with Crippen molar-refractivity contribution in [3.8, 4) is 0 Å². The van der Waals surface area contributed by atoms with Crippen molar-refractivity contribution in [3.63, 3.8) is 0 Å². The lowest BCUT2D eigenvalue weighted by Crippen LogP contribution is -2.21. The van der Waals surface area contributed by atoms with Gasteiger partial charge in [-0.15, -0.1) is 0 Å². The summed E-state index contributed by atoms with van der Waals surface area (Å²) in [6.45, 7) is 0.658. The van der Waals surface area contributed by atoms with Gasteiger partial charge in [0.15, 0.2) is 0 Å². The maximum absolute atomic E-state index is 6.20. The van der Waals surface area contributed by atoms with Crippen LogP contribution >= 0.6 is 0 Å². The number of benzene rings is 2. The highest BCUT2D eigenvalue weighted by Crippen LogP contribution is 2.21. The van der Waals surface area contributed by atoms with Gasteiger partial charge in [0.1, 0.15) is 5.82 Å². The number of rotatable bonds is 4. The standard InChI is InChI=1S/C17H17N3/c18-16(14-7-2-1-3-8-14)12-20-17-15-9-5-4-6-13(15)10-11-19-17/h1-11,16H,12,18H2,(H,19,20). The summed E-state index contributed by atoms with van der Waals surface area (Å²) in [7, 11) is 0. The molecule has 3 heteroatoms. The Morgan fingerprint density at radius 1 is 0.950 bits per heavy atom. The number of fused-ring (bicyclic) bond motifs is 1. The molecular weight excluding hydrogens is 246 g/mol. The van der Waals surface area contributed by atoms with Crippen molar-refractivity contribution in [1.82, 2.24) is 4.98 Å². The molecule has 1 unspecified atom stereocenters. The van der Waals surface area contributed by atoms with Crippen molar-refractivity contribution in [2.45, 2.75) is 6.04 Å². The summed E-state index contributed by atoms with van der Waals surface area (Å²) in [6.07, 6.45) is 1.82. The highest BCUT2D eigenvalue weighted by Gasteiger charge is 2.07. The van der Waals surface area contributed by atoms with Crippen LogP contribution in [-0.2, 0) is 0 Å². The minimum atomic E-state index is -0.0445. The molecule has 0 fully saturated rings. The van der Waals surface area contributed by atoms with Gasteiger partial charge in [0.25, 0.3) is 0 Å². The Bertz CT molecular complexity index is 689. The lowest BCUT2D eigenvalue weighted by Gasteiger charge is -2.14. The average molecular weight is 263 g/mol. The van der Waals surface area contributed by atoms with Crippen LogP contribution in [0.2, 0.25) is 0 Å². The Morgan fingerprint density at radius 3 is 2.55 bits per heavy atom. The molecule has 2 aromatic carbocycles. The Balaban J connectivity index is 1.77. The molecule has 0 aliphatic heterocycles. The molecule has 3 nitrogen and oxygen atoms in total. The second-order valence-electron chi connectivity index (χ2n) is 4.78.